The third kappa shape index (κ3) is 3.17. The second-order valence-electron chi connectivity index (χ2n) is 3.68. The number of halogens is 1. The Labute approximate surface area is 98.3 Å². The molecule has 4 heteroatoms. The third-order valence-electron chi connectivity index (χ3n) is 2.39. The number of carbonyl (C=O) groups excluding carboxylic acids is 1. The molecule has 0 atom stereocenters. The van der Waals surface area contributed by atoms with Gasteiger partial charge in [0.25, 0.3) is 0 Å². The molecule has 2 aromatic rings. The van der Waals surface area contributed by atoms with Gasteiger partial charge in [-0.3, -0.25) is 14.8 Å². The lowest BCUT2D eigenvalue weighted by Crippen LogP contribution is -2.02. The van der Waals surface area contributed by atoms with Crippen molar-refractivity contribution in [3.63, 3.8) is 0 Å². The van der Waals surface area contributed by atoms with Crippen LogP contribution in [-0.2, 0) is 6.42 Å². The molecule has 0 saturated heterocycles. The Bertz CT molecular complexity index is 514. The maximum absolute atomic E-state index is 12.9. The Hall–Kier alpha value is -2.10. The zero-order valence-corrected chi connectivity index (χ0v) is 9.14. The summed E-state index contributed by atoms with van der Waals surface area (Å²) >= 11 is 0. The van der Waals surface area contributed by atoms with Gasteiger partial charge < -0.3 is 0 Å². The number of hydrogen-bond acceptors (Lipinski definition) is 3. The number of aromatic nitrogens is 2. The van der Waals surface area contributed by atoms with E-state index in [-0.39, 0.29) is 5.78 Å². The van der Waals surface area contributed by atoms with Crippen molar-refractivity contribution in [1.29, 1.82) is 0 Å². The topological polar surface area (TPSA) is 42.9 Å². The summed E-state index contributed by atoms with van der Waals surface area (Å²) in [6.07, 6.45) is 6.80. The number of aryl methyl sites for hydroxylation is 1. The lowest BCUT2D eigenvalue weighted by atomic mass is 10.1. The molecule has 0 bridgehead atoms. The fourth-order valence-electron chi connectivity index (χ4n) is 1.51. The minimum Gasteiger partial charge on any atom is -0.294 e. The standard InChI is InChI=1S/C13H11FN2O/c14-12-6-11(8-16-9-12)13(17)4-3-10-2-1-5-15-7-10/h1-2,5-9H,3-4H2. The molecule has 0 amide bonds. The minimum atomic E-state index is -0.489. The number of hydrogen-bond donors (Lipinski definition) is 0. The highest BCUT2D eigenvalue weighted by Crippen LogP contribution is 2.08. The molecule has 0 unspecified atom stereocenters. The molecule has 2 aromatic heterocycles. The van der Waals surface area contributed by atoms with E-state index in [1.165, 1.54) is 12.3 Å². The van der Waals surface area contributed by atoms with Gasteiger partial charge in [-0.05, 0) is 24.1 Å². The number of nitrogens with zero attached hydrogens (tertiary/aromatic N) is 2. The van der Waals surface area contributed by atoms with Crippen LogP contribution in [0.3, 0.4) is 0 Å². The van der Waals surface area contributed by atoms with E-state index in [2.05, 4.69) is 9.97 Å². The monoisotopic (exact) mass is 230 g/mol. The van der Waals surface area contributed by atoms with Gasteiger partial charge >= 0.3 is 0 Å². The molecule has 86 valence electrons. The molecule has 0 aliphatic carbocycles. The van der Waals surface area contributed by atoms with E-state index < -0.39 is 5.82 Å². The van der Waals surface area contributed by atoms with Crippen molar-refractivity contribution in [2.24, 2.45) is 0 Å². The summed E-state index contributed by atoms with van der Waals surface area (Å²) < 4.78 is 12.9. The predicted octanol–water partition coefficient (Wildman–Crippen LogP) is 2.43. The summed E-state index contributed by atoms with van der Waals surface area (Å²) in [6, 6.07) is 4.94. The summed E-state index contributed by atoms with van der Waals surface area (Å²) in [5.41, 5.74) is 1.30. The Morgan fingerprint density at radius 3 is 2.82 bits per heavy atom. The van der Waals surface area contributed by atoms with E-state index in [4.69, 9.17) is 0 Å². The molecule has 0 aromatic carbocycles. The van der Waals surface area contributed by atoms with Gasteiger partial charge in [-0.2, -0.15) is 0 Å². The van der Waals surface area contributed by atoms with Crippen molar-refractivity contribution in [3.8, 4) is 0 Å². The van der Waals surface area contributed by atoms with Crippen LogP contribution < -0.4 is 0 Å². The van der Waals surface area contributed by atoms with Crippen molar-refractivity contribution in [2.75, 3.05) is 0 Å². The number of carbonyl (C=O) groups is 1. The van der Waals surface area contributed by atoms with Crippen molar-refractivity contribution in [2.45, 2.75) is 12.8 Å². The third-order valence-corrected chi connectivity index (χ3v) is 2.39. The van der Waals surface area contributed by atoms with Crippen molar-refractivity contribution >= 4 is 5.78 Å². The van der Waals surface area contributed by atoms with Crippen molar-refractivity contribution < 1.29 is 9.18 Å². The highest BCUT2D eigenvalue weighted by atomic mass is 19.1. The van der Waals surface area contributed by atoms with Crippen LogP contribution in [0, 0.1) is 5.82 Å². The maximum atomic E-state index is 12.9. The largest absolute Gasteiger partial charge is 0.294 e. The summed E-state index contributed by atoms with van der Waals surface area (Å²) in [6.45, 7) is 0. The SMILES string of the molecule is O=C(CCc1cccnc1)c1cncc(F)c1. The number of ketones is 1. The van der Waals surface area contributed by atoms with E-state index in [0.717, 1.165) is 11.8 Å². The van der Waals surface area contributed by atoms with Gasteiger partial charge in [0.2, 0.25) is 0 Å². The number of rotatable bonds is 4. The average molecular weight is 230 g/mol. The van der Waals surface area contributed by atoms with Crippen LogP contribution in [0.5, 0.6) is 0 Å². The van der Waals surface area contributed by atoms with Crippen LogP contribution >= 0.6 is 0 Å². The molecule has 2 heterocycles. The molecule has 0 aliphatic heterocycles. The van der Waals surface area contributed by atoms with E-state index in [0.29, 0.717) is 18.4 Å². The molecule has 0 aliphatic rings. The molecule has 3 nitrogen and oxygen atoms in total. The zero-order valence-electron chi connectivity index (χ0n) is 9.14. The van der Waals surface area contributed by atoms with Gasteiger partial charge in [0.05, 0.1) is 6.20 Å². The predicted molar refractivity (Wildman–Crippen MR) is 61.1 cm³/mol. The van der Waals surface area contributed by atoms with Crippen LogP contribution in [0.25, 0.3) is 0 Å². The van der Waals surface area contributed by atoms with Gasteiger partial charge in [0, 0.05) is 30.6 Å². The zero-order chi connectivity index (χ0) is 12.1. The van der Waals surface area contributed by atoms with Crippen molar-refractivity contribution in [3.05, 3.63) is 59.9 Å². The Balaban J connectivity index is 1.98. The molecule has 0 radical (unpaired) electrons. The lowest BCUT2D eigenvalue weighted by molar-refractivity contribution is 0.0982. The van der Waals surface area contributed by atoms with E-state index in [9.17, 15) is 9.18 Å². The van der Waals surface area contributed by atoms with Crippen LogP contribution in [-0.4, -0.2) is 15.8 Å². The molecular weight excluding hydrogens is 219 g/mol. The fraction of sp³-hybridized carbons (Fsp3) is 0.154. The number of Topliss-reactive ketones (excluding diaryl/α,β-unsaturated/α-hetero) is 1. The lowest BCUT2D eigenvalue weighted by Gasteiger charge is -2.01. The normalized spacial score (nSPS) is 10.2. The Kier molecular flexibility index (Phi) is 3.55. The number of pyridine rings is 2. The van der Waals surface area contributed by atoms with Crippen LogP contribution in [0.15, 0.2) is 43.0 Å². The second kappa shape index (κ2) is 5.30. The average Bonchev–Trinajstić information content (AvgIpc) is 2.37. The van der Waals surface area contributed by atoms with E-state index in [1.54, 1.807) is 12.4 Å². The highest BCUT2D eigenvalue weighted by molar-refractivity contribution is 5.95. The molecule has 0 N–H and O–H groups in total. The van der Waals surface area contributed by atoms with Gasteiger partial charge in [-0.1, -0.05) is 6.07 Å². The minimum absolute atomic E-state index is 0.110. The first kappa shape index (κ1) is 11.4. The fourth-order valence-corrected chi connectivity index (χ4v) is 1.51. The van der Waals surface area contributed by atoms with Crippen LogP contribution in [0.4, 0.5) is 4.39 Å². The van der Waals surface area contributed by atoms with Gasteiger partial charge in [0.1, 0.15) is 5.82 Å². The van der Waals surface area contributed by atoms with Gasteiger partial charge in [-0.25, -0.2) is 4.39 Å². The second-order valence-corrected chi connectivity index (χ2v) is 3.68. The van der Waals surface area contributed by atoms with E-state index in [1.807, 2.05) is 12.1 Å². The molecule has 17 heavy (non-hydrogen) atoms. The molecule has 0 fully saturated rings. The van der Waals surface area contributed by atoms with Gasteiger partial charge in [-0.15, -0.1) is 0 Å². The highest BCUT2D eigenvalue weighted by Gasteiger charge is 2.07. The Morgan fingerprint density at radius 1 is 1.24 bits per heavy atom. The first-order valence-electron chi connectivity index (χ1n) is 5.28. The van der Waals surface area contributed by atoms with E-state index >= 15 is 0 Å². The van der Waals surface area contributed by atoms with Gasteiger partial charge in [0.15, 0.2) is 5.78 Å². The quantitative estimate of drug-likeness (QED) is 0.757. The van der Waals surface area contributed by atoms with Crippen molar-refractivity contribution in [1.82, 2.24) is 9.97 Å². The maximum Gasteiger partial charge on any atom is 0.164 e. The Morgan fingerprint density at radius 2 is 2.12 bits per heavy atom. The summed E-state index contributed by atoms with van der Waals surface area (Å²) in [4.78, 5) is 19.4. The summed E-state index contributed by atoms with van der Waals surface area (Å²) in [5, 5.41) is 0. The summed E-state index contributed by atoms with van der Waals surface area (Å²) in [5.74, 6) is -0.599. The molecule has 0 spiro atoms. The molecule has 2 rings (SSSR count). The van der Waals surface area contributed by atoms with Crippen LogP contribution in [0.1, 0.15) is 22.3 Å². The summed E-state index contributed by atoms with van der Waals surface area (Å²) in [7, 11) is 0. The smallest absolute Gasteiger partial charge is 0.164 e. The molecule has 0 saturated carbocycles. The first-order chi connectivity index (χ1) is 8.25. The first-order valence-corrected chi connectivity index (χ1v) is 5.28. The van der Waals surface area contributed by atoms with Crippen LogP contribution in [0.2, 0.25) is 0 Å². The molecular formula is C13H11FN2O.